The third-order valence-electron chi connectivity index (χ3n) is 2.42. The van der Waals surface area contributed by atoms with Crippen molar-refractivity contribution in [2.75, 3.05) is 27.2 Å². The minimum Gasteiger partial charge on any atom is -0.493 e. The molecule has 2 N–H and O–H groups in total. The van der Waals surface area contributed by atoms with E-state index in [9.17, 15) is 0 Å². The normalized spacial score (nSPS) is 12.8. The summed E-state index contributed by atoms with van der Waals surface area (Å²) in [6.45, 7) is 3.75. The maximum Gasteiger partial charge on any atom is 0.124 e. The number of ether oxygens (including phenoxy) is 1. The molecule has 0 aliphatic carbocycles. The maximum absolute atomic E-state index is 5.88. The van der Waals surface area contributed by atoms with E-state index in [0.717, 1.165) is 30.9 Å². The van der Waals surface area contributed by atoms with Gasteiger partial charge in [-0.05, 0) is 33.5 Å². The predicted molar refractivity (Wildman–Crippen MR) is 67.7 cm³/mol. The van der Waals surface area contributed by atoms with Crippen molar-refractivity contribution in [2.24, 2.45) is 5.73 Å². The van der Waals surface area contributed by atoms with Gasteiger partial charge in [0.1, 0.15) is 5.75 Å². The van der Waals surface area contributed by atoms with Crippen molar-refractivity contribution < 1.29 is 4.74 Å². The Morgan fingerprint density at radius 3 is 2.62 bits per heavy atom. The summed E-state index contributed by atoms with van der Waals surface area (Å²) in [6, 6.07) is 7.99. The van der Waals surface area contributed by atoms with Crippen LogP contribution < -0.4 is 10.5 Å². The van der Waals surface area contributed by atoms with Crippen LogP contribution in [-0.2, 0) is 0 Å². The lowest BCUT2D eigenvalue weighted by molar-refractivity contribution is 0.278. The smallest absolute Gasteiger partial charge is 0.124 e. The molecule has 90 valence electrons. The van der Waals surface area contributed by atoms with Gasteiger partial charge in [0.2, 0.25) is 0 Å². The average molecular weight is 222 g/mol. The number of benzene rings is 1. The molecule has 1 aromatic rings. The van der Waals surface area contributed by atoms with Gasteiger partial charge < -0.3 is 15.4 Å². The Bertz CT molecular complexity index is 311. The van der Waals surface area contributed by atoms with Crippen molar-refractivity contribution in [3.63, 3.8) is 0 Å². The van der Waals surface area contributed by atoms with E-state index in [2.05, 4.69) is 19.0 Å². The van der Waals surface area contributed by atoms with Crippen LogP contribution in [0.3, 0.4) is 0 Å². The van der Waals surface area contributed by atoms with E-state index in [1.807, 2.05) is 31.2 Å². The summed E-state index contributed by atoms with van der Waals surface area (Å²) in [5, 5.41) is 0. The lowest BCUT2D eigenvalue weighted by Gasteiger charge is -2.14. The second-order valence-electron chi connectivity index (χ2n) is 4.33. The molecular weight excluding hydrogens is 200 g/mol. The van der Waals surface area contributed by atoms with Gasteiger partial charge in [-0.2, -0.15) is 0 Å². The molecule has 0 saturated carbocycles. The second-order valence-corrected chi connectivity index (χ2v) is 4.33. The van der Waals surface area contributed by atoms with Crippen molar-refractivity contribution in [3.05, 3.63) is 29.8 Å². The van der Waals surface area contributed by atoms with Crippen molar-refractivity contribution in [1.29, 1.82) is 0 Å². The van der Waals surface area contributed by atoms with Crippen LogP contribution in [0.2, 0.25) is 0 Å². The SMILES string of the molecule is CC(N)c1ccccc1OCCCN(C)C. The van der Waals surface area contributed by atoms with Crippen LogP contribution in [0.4, 0.5) is 0 Å². The maximum atomic E-state index is 5.88. The quantitative estimate of drug-likeness (QED) is 0.749. The highest BCUT2D eigenvalue weighted by Gasteiger charge is 2.06. The molecule has 0 heterocycles. The predicted octanol–water partition coefficient (Wildman–Crippen LogP) is 2.04. The van der Waals surface area contributed by atoms with Crippen LogP contribution in [0, 0.1) is 0 Å². The second kappa shape index (κ2) is 6.51. The average Bonchev–Trinajstić information content (AvgIpc) is 2.24. The van der Waals surface area contributed by atoms with Crippen LogP contribution in [0.1, 0.15) is 24.9 Å². The third kappa shape index (κ3) is 4.21. The summed E-state index contributed by atoms with van der Waals surface area (Å²) in [7, 11) is 4.13. The summed E-state index contributed by atoms with van der Waals surface area (Å²) < 4.78 is 5.74. The first-order valence-electron chi connectivity index (χ1n) is 5.73. The molecule has 0 saturated heterocycles. The minimum absolute atomic E-state index is 0.0186. The van der Waals surface area contributed by atoms with Gasteiger partial charge in [-0.3, -0.25) is 0 Å². The molecule has 16 heavy (non-hydrogen) atoms. The molecule has 1 unspecified atom stereocenters. The first-order valence-corrected chi connectivity index (χ1v) is 5.73. The Morgan fingerprint density at radius 1 is 1.31 bits per heavy atom. The number of hydrogen-bond acceptors (Lipinski definition) is 3. The first-order chi connectivity index (χ1) is 7.61. The fourth-order valence-electron chi connectivity index (χ4n) is 1.55. The van der Waals surface area contributed by atoms with Crippen LogP contribution in [0.5, 0.6) is 5.75 Å². The highest BCUT2D eigenvalue weighted by molar-refractivity contribution is 5.35. The molecule has 0 fully saturated rings. The zero-order valence-corrected chi connectivity index (χ0v) is 10.4. The summed E-state index contributed by atoms with van der Waals surface area (Å²) in [6.07, 6.45) is 1.03. The zero-order valence-electron chi connectivity index (χ0n) is 10.4. The Kier molecular flexibility index (Phi) is 5.29. The molecule has 3 nitrogen and oxygen atoms in total. The van der Waals surface area contributed by atoms with Gasteiger partial charge >= 0.3 is 0 Å². The van der Waals surface area contributed by atoms with Gasteiger partial charge in [0, 0.05) is 18.2 Å². The van der Waals surface area contributed by atoms with E-state index < -0.39 is 0 Å². The molecule has 3 heteroatoms. The summed E-state index contributed by atoms with van der Waals surface area (Å²) in [5.41, 5.74) is 6.96. The van der Waals surface area contributed by atoms with E-state index in [1.54, 1.807) is 0 Å². The number of hydrogen-bond donors (Lipinski definition) is 1. The highest BCUT2D eigenvalue weighted by atomic mass is 16.5. The van der Waals surface area contributed by atoms with Crippen LogP contribution in [-0.4, -0.2) is 32.1 Å². The lowest BCUT2D eigenvalue weighted by atomic mass is 10.1. The monoisotopic (exact) mass is 222 g/mol. The molecule has 1 aromatic carbocycles. The standard InChI is InChI=1S/C13H22N2O/c1-11(14)12-7-4-5-8-13(12)16-10-6-9-15(2)3/h4-5,7-8,11H,6,9-10,14H2,1-3H3. The Hall–Kier alpha value is -1.06. The van der Waals surface area contributed by atoms with Crippen LogP contribution >= 0.6 is 0 Å². The van der Waals surface area contributed by atoms with Gasteiger partial charge in [0.15, 0.2) is 0 Å². The van der Waals surface area contributed by atoms with E-state index in [0.29, 0.717) is 0 Å². The fraction of sp³-hybridized carbons (Fsp3) is 0.538. The molecule has 1 atom stereocenters. The summed E-state index contributed by atoms with van der Waals surface area (Å²) in [5.74, 6) is 0.913. The van der Waals surface area contributed by atoms with Gasteiger partial charge in [-0.15, -0.1) is 0 Å². The molecule has 1 rings (SSSR count). The molecule has 0 aromatic heterocycles. The summed E-state index contributed by atoms with van der Waals surface area (Å²) in [4.78, 5) is 2.15. The van der Waals surface area contributed by atoms with Crippen molar-refractivity contribution in [2.45, 2.75) is 19.4 Å². The highest BCUT2D eigenvalue weighted by Crippen LogP contribution is 2.23. The van der Waals surface area contributed by atoms with Crippen molar-refractivity contribution in [3.8, 4) is 5.75 Å². The molecule has 0 aliphatic rings. The summed E-state index contributed by atoms with van der Waals surface area (Å²) >= 11 is 0. The van der Waals surface area contributed by atoms with Crippen molar-refractivity contribution in [1.82, 2.24) is 4.90 Å². The van der Waals surface area contributed by atoms with Gasteiger partial charge in [0.05, 0.1) is 6.61 Å². The Morgan fingerprint density at radius 2 is 2.00 bits per heavy atom. The van der Waals surface area contributed by atoms with E-state index >= 15 is 0 Å². The Labute approximate surface area is 98.2 Å². The van der Waals surface area contributed by atoms with E-state index in [-0.39, 0.29) is 6.04 Å². The van der Waals surface area contributed by atoms with E-state index in [4.69, 9.17) is 10.5 Å². The number of rotatable bonds is 6. The minimum atomic E-state index is 0.0186. The third-order valence-corrected chi connectivity index (χ3v) is 2.42. The van der Waals surface area contributed by atoms with Crippen LogP contribution in [0.15, 0.2) is 24.3 Å². The lowest BCUT2D eigenvalue weighted by Crippen LogP contribution is -2.16. The van der Waals surface area contributed by atoms with Gasteiger partial charge in [-0.25, -0.2) is 0 Å². The molecule has 0 spiro atoms. The largest absolute Gasteiger partial charge is 0.493 e. The number of para-hydroxylation sites is 1. The van der Waals surface area contributed by atoms with Crippen LogP contribution in [0.25, 0.3) is 0 Å². The molecule has 0 amide bonds. The van der Waals surface area contributed by atoms with Gasteiger partial charge in [-0.1, -0.05) is 18.2 Å². The molecule has 0 radical (unpaired) electrons. The van der Waals surface area contributed by atoms with Crippen molar-refractivity contribution >= 4 is 0 Å². The topological polar surface area (TPSA) is 38.5 Å². The fourth-order valence-corrected chi connectivity index (χ4v) is 1.55. The first kappa shape index (κ1) is 13.0. The van der Waals surface area contributed by atoms with E-state index in [1.165, 1.54) is 0 Å². The number of nitrogens with zero attached hydrogens (tertiary/aromatic N) is 1. The molecule has 0 aliphatic heterocycles. The Balaban J connectivity index is 2.47. The number of nitrogens with two attached hydrogens (primary N) is 1. The zero-order chi connectivity index (χ0) is 12.0. The molecular formula is C13H22N2O. The molecule has 0 bridgehead atoms. The van der Waals surface area contributed by atoms with Gasteiger partial charge in [0.25, 0.3) is 0 Å².